The highest BCUT2D eigenvalue weighted by molar-refractivity contribution is 5.99. The maximum atomic E-state index is 12.0. The summed E-state index contributed by atoms with van der Waals surface area (Å²) in [6.07, 6.45) is 0.324. The number of carbonyl (C=O) groups excluding carboxylic acids is 2. The fourth-order valence-electron chi connectivity index (χ4n) is 2.13. The van der Waals surface area contributed by atoms with Gasteiger partial charge in [0.2, 0.25) is 5.91 Å². The van der Waals surface area contributed by atoms with Gasteiger partial charge in [0.15, 0.2) is 5.78 Å². The minimum absolute atomic E-state index is 0.00154. The molecular weight excluding hydrogens is 250 g/mol. The third-order valence-corrected chi connectivity index (χ3v) is 3.19. The van der Waals surface area contributed by atoms with Gasteiger partial charge >= 0.3 is 0 Å². The van der Waals surface area contributed by atoms with Gasteiger partial charge in [-0.05, 0) is 31.0 Å². The first kappa shape index (κ1) is 14.0. The molecule has 102 valence electrons. The molecule has 0 bridgehead atoms. The van der Waals surface area contributed by atoms with Crippen LogP contribution in [0.2, 0.25) is 0 Å². The first-order valence-corrected chi connectivity index (χ1v) is 6.52. The van der Waals surface area contributed by atoms with Gasteiger partial charge in [-0.15, -0.1) is 0 Å². The molecule has 0 aliphatic rings. The van der Waals surface area contributed by atoms with E-state index >= 15 is 0 Å². The Morgan fingerprint density at radius 3 is 2.35 bits per heavy atom. The van der Waals surface area contributed by atoms with E-state index in [0.29, 0.717) is 17.7 Å². The van der Waals surface area contributed by atoms with Crippen LogP contribution in [0.25, 0.3) is 0 Å². The Labute approximate surface area is 118 Å². The molecule has 0 heterocycles. The fraction of sp³-hybridized carbons (Fsp3) is 0.176. The molecular formula is C17H17NO2. The van der Waals surface area contributed by atoms with Gasteiger partial charge in [-0.3, -0.25) is 9.59 Å². The SMILES string of the molecule is CC(=O)c1cccc(NC(=O)Cc2ccccc2)c1C. The monoisotopic (exact) mass is 267 g/mol. The summed E-state index contributed by atoms with van der Waals surface area (Å²) in [6.45, 7) is 3.37. The van der Waals surface area contributed by atoms with E-state index in [2.05, 4.69) is 5.32 Å². The maximum absolute atomic E-state index is 12.0. The minimum Gasteiger partial charge on any atom is -0.326 e. The van der Waals surface area contributed by atoms with Gasteiger partial charge in [0.05, 0.1) is 6.42 Å². The summed E-state index contributed by atoms with van der Waals surface area (Å²) in [4.78, 5) is 23.5. The van der Waals surface area contributed by atoms with Gasteiger partial charge < -0.3 is 5.32 Å². The molecule has 2 aromatic carbocycles. The number of anilines is 1. The van der Waals surface area contributed by atoms with Crippen LogP contribution in [0, 0.1) is 6.92 Å². The van der Waals surface area contributed by atoms with E-state index in [0.717, 1.165) is 11.1 Å². The zero-order valence-corrected chi connectivity index (χ0v) is 11.6. The molecule has 0 spiro atoms. The van der Waals surface area contributed by atoms with Gasteiger partial charge in [0, 0.05) is 11.3 Å². The number of hydrogen-bond acceptors (Lipinski definition) is 2. The summed E-state index contributed by atoms with van der Waals surface area (Å²) in [6, 6.07) is 14.9. The number of carbonyl (C=O) groups is 2. The van der Waals surface area contributed by atoms with Gasteiger partial charge in [0.25, 0.3) is 0 Å². The number of benzene rings is 2. The molecule has 3 nitrogen and oxygen atoms in total. The van der Waals surface area contributed by atoms with Gasteiger partial charge in [-0.1, -0.05) is 42.5 Å². The molecule has 3 heteroatoms. The molecule has 0 radical (unpaired) electrons. The van der Waals surface area contributed by atoms with Crippen molar-refractivity contribution in [3.05, 3.63) is 65.2 Å². The average Bonchev–Trinajstić information content (AvgIpc) is 2.42. The molecule has 0 aromatic heterocycles. The van der Waals surface area contributed by atoms with Crippen molar-refractivity contribution in [3.8, 4) is 0 Å². The molecule has 2 aromatic rings. The molecule has 2 rings (SSSR count). The lowest BCUT2D eigenvalue weighted by atomic mass is 10.0. The molecule has 0 aliphatic carbocycles. The lowest BCUT2D eigenvalue weighted by Crippen LogP contribution is -2.15. The molecule has 1 amide bonds. The topological polar surface area (TPSA) is 46.2 Å². The number of amides is 1. The van der Waals surface area contributed by atoms with E-state index in [9.17, 15) is 9.59 Å². The Morgan fingerprint density at radius 1 is 1.00 bits per heavy atom. The van der Waals surface area contributed by atoms with Crippen LogP contribution in [0.3, 0.4) is 0 Å². The normalized spacial score (nSPS) is 10.1. The van der Waals surface area contributed by atoms with E-state index in [-0.39, 0.29) is 11.7 Å². The summed E-state index contributed by atoms with van der Waals surface area (Å²) < 4.78 is 0. The second kappa shape index (κ2) is 6.15. The largest absolute Gasteiger partial charge is 0.326 e. The number of rotatable bonds is 4. The number of ketones is 1. The highest BCUT2D eigenvalue weighted by Gasteiger charge is 2.10. The van der Waals surface area contributed by atoms with Gasteiger partial charge in [-0.2, -0.15) is 0 Å². The van der Waals surface area contributed by atoms with Crippen LogP contribution < -0.4 is 5.32 Å². The highest BCUT2D eigenvalue weighted by Crippen LogP contribution is 2.19. The Kier molecular flexibility index (Phi) is 4.31. The maximum Gasteiger partial charge on any atom is 0.228 e. The molecule has 0 saturated heterocycles. The van der Waals surface area contributed by atoms with Gasteiger partial charge in [-0.25, -0.2) is 0 Å². The fourth-order valence-corrected chi connectivity index (χ4v) is 2.13. The Balaban J connectivity index is 2.12. The van der Waals surface area contributed by atoms with Crippen LogP contribution in [0.5, 0.6) is 0 Å². The molecule has 0 atom stereocenters. The predicted octanol–water partition coefficient (Wildman–Crippen LogP) is 3.38. The first-order chi connectivity index (χ1) is 9.58. The van der Waals surface area contributed by atoms with E-state index in [1.54, 1.807) is 12.1 Å². The first-order valence-electron chi connectivity index (χ1n) is 6.52. The van der Waals surface area contributed by atoms with Crippen LogP contribution in [-0.2, 0) is 11.2 Å². The zero-order chi connectivity index (χ0) is 14.5. The van der Waals surface area contributed by atoms with Crippen molar-refractivity contribution in [1.29, 1.82) is 0 Å². The number of nitrogens with one attached hydrogen (secondary N) is 1. The lowest BCUT2D eigenvalue weighted by molar-refractivity contribution is -0.115. The quantitative estimate of drug-likeness (QED) is 0.863. The third-order valence-electron chi connectivity index (χ3n) is 3.19. The van der Waals surface area contributed by atoms with Crippen molar-refractivity contribution in [2.75, 3.05) is 5.32 Å². The van der Waals surface area contributed by atoms with Crippen molar-refractivity contribution >= 4 is 17.4 Å². The lowest BCUT2D eigenvalue weighted by Gasteiger charge is -2.11. The molecule has 0 fully saturated rings. The zero-order valence-electron chi connectivity index (χ0n) is 11.6. The van der Waals surface area contributed by atoms with Crippen molar-refractivity contribution in [3.63, 3.8) is 0 Å². The van der Waals surface area contributed by atoms with Gasteiger partial charge in [0.1, 0.15) is 0 Å². The summed E-state index contributed by atoms with van der Waals surface area (Å²) in [5.41, 5.74) is 3.10. The minimum atomic E-state index is -0.0833. The van der Waals surface area contributed by atoms with E-state index in [4.69, 9.17) is 0 Å². The second-order valence-electron chi connectivity index (χ2n) is 4.74. The second-order valence-corrected chi connectivity index (χ2v) is 4.74. The predicted molar refractivity (Wildman–Crippen MR) is 80.0 cm³/mol. The van der Waals surface area contributed by atoms with Crippen LogP contribution in [0.4, 0.5) is 5.69 Å². The molecule has 0 aliphatic heterocycles. The number of Topliss-reactive ketones (excluding diaryl/α,β-unsaturated/α-hetero) is 1. The van der Waals surface area contributed by atoms with Crippen molar-refractivity contribution in [2.45, 2.75) is 20.3 Å². The van der Waals surface area contributed by atoms with Crippen LogP contribution in [-0.4, -0.2) is 11.7 Å². The molecule has 1 N–H and O–H groups in total. The van der Waals surface area contributed by atoms with Crippen LogP contribution in [0.1, 0.15) is 28.4 Å². The molecule has 0 unspecified atom stereocenters. The van der Waals surface area contributed by atoms with Crippen molar-refractivity contribution < 1.29 is 9.59 Å². The summed E-state index contributed by atoms with van der Waals surface area (Å²) in [5, 5.41) is 2.86. The highest BCUT2D eigenvalue weighted by atomic mass is 16.1. The summed E-state index contributed by atoms with van der Waals surface area (Å²) >= 11 is 0. The molecule has 0 saturated carbocycles. The average molecular weight is 267 g/mol. The Morgan fingerprint density at radius 2 is 1.70 bits per heavy atom. The van der Waals surface area contributed by atoms with E-state index < -0.39 is 0 Å². The standard InChI is InChI=1S/C17H17NO2/c1-12-15(13(2)19)9-6-10-16(12)18-17(20)11-14-7-4-3-5-8-14/h3-10H,11H2,1-2H3,(H,18,20). The Hall–Kier alpha value is -2.42. The van der Waals surface area contributed by atoms with Crippen LogP contribution >= 0.6 is 0 Å². The van der Waals surface area contributed by atoms with Crippen molar-refractivity contribution in [1.82, 2.24) is 0 Å². The third kappa shape index (κ3) is 3.32. The molecule has 20 heavy (non-hydrogen) atoms. The summed E-state index contributed by atoms with van der Waals surface area (Å²) in [5.74, 6) is -0.0818. The van der Waals surface area contributed by atoms with E-state index in [1.165, 1.54) is 6.92 Å². The smallest absolute Gasteiger partial charge is 0.228 e. The number of hydrogen-bond donors (Lipinski definition) is 1. The Bertz CT molecular complexity index is 633. The van der Waals surface area contributed by atoms with Crippen LogP contribution in [0.15, 0.2) is 48.5 Å². The van der Waals surface area contributed by atoms with Crippen molar-refractivity contribution in [2.24, 2.45) is 0 Å². The van der Waals surface area contributed by atoms with E-state index in [1.807, 2.05) is 43.3 Å². The summed E-state index contributed by atoms with van der Waals surface area (Å²) in [7, 11) is 0.